The highest BCUT2D eigenvalue weighted by molar-refractivity contribution is 5.89. The maximum absolute atomic E-state index is 14.1. The van der Waals surface area contributed by atoms with Gasteiger partial charge in [-0.05, 0) is 71.9 Å². The Morgan fingerprint density at radius 1 is 0.787 bits per heavy atom. The molecule has 0 radical (unpaired) electrons. The number of carbonyl (C=O) groups is 3. The Hall–Kier alpha value is -6.95. The molecule has 316 valence electrons. The SMILES string of the molecule is CC(C)[C@H](NC(=NC#N)Oc1ccccc1)C(=O)N1CCC[C@H]1c1ncc(-c2ccc(-c3ccc(-c4cnc([C@@H]5CCCN5C(=O)[C@H](C(C)C)N(C)C(=O)O)[nH]4)cc3)cc2)[nH]1. The summed E-state index contributed by atoms with van der Waals surface area (Å²) in [6.07, 6.45) is 7.40. The summed E-state index contributed by atoms with van der Waals surface area (Å²) in [6, 6.07) is 23.5. The number of amidine groups is 1. The van der Waals surface area contributed by atoms with E-state index < -0.39 is 18.2 Å². The summed E-state index contributed by atoms with van der Waals surface area (Å²) in [4.78, 5) is 64.3. The van der Waals surface area contributed by atoms with Crippen LogP contribution in [0.4, 0.5) is 4.79 Å². The van der Waals surface area contributed by atoms with Crippen LogP contribution in [-0.4, -0.2) is 95.9 Å². The molecule has 2 saturated heterocycles. The lowest BCUT2D eigenvalue weighted by molar-refractivity contribution is -0.138. The first-order valence-electron chi connectivity index (χ1n) is 20.8. The Balaban J connectivity index is 0.997. The van der Waals surface area contributed by atoms with Gasteiger partial charge in [0.25, 0.3) is 0 Å². The van der Waals surface area contributed by atoms with Crippen molar-refractivity contribution in [2.75, 3.05) is 20.1 Å². The lowest BCUT2D eigenvalue weighted by Crippen LogP contribution is -2.52. The maximum atomic E-state index is 14.1. The fraction of sp³-hybridized carbons (Fsp3) is 0.370. The number of aromatic nitrogens is 4. The summed E-state index contributed by atoms with van der Waals surface area (Å²) in [5, 5.41) is 22.0. The summed E-state index contributed by atoms with van der Waals surface area (Å²) in [5.41, 5.74) is 5.69. The van der Waals surface area contributed by atoms with Gasteiger partial charge >= 0.3 is 12.1 Å². The topological polar surface area (TPSA) is 196 Å². The number of benzene rings is 3. The molecule has 2 aliphatic heterocycles. The molecule has 0 saturated carbocycles. The Kier molecular flexibility index (Phi) is 12.8. The van der Waals surface area contributed by atoms with Gasteiger partial charge in [-0.2, -0.15) is 5.26 Å². The number of carboxylic acid groups (broad SMARTS) is 1. The number of nitrogens with zero attached hydrogens (tertiary/aromatic N) is 7. The number of likely N-dealkylation sites (tertiary alicyclic amines) is 2. The average molecular weight is 825 g/mol. The molecule has 0 spiro atoms. The number of aromatic amines is 2. The fourth-order valence-corrected chi connectivity index (χ4v) is 8.36. The van der Waals surface area contributed by atoms with E-state index >= 15 is 0 Å². The highest BCUT2D eigenvalue weighted by Gasteiger charge is 2.40. The number of hydrogen-bond donors (Lipinski definition) is 4. The summed E-state index contributed by atoms with van der Waals surface area (Å²) in [7, 11) is 1.45. The number of nitrogens with one attached hydrogen (secondary N) is 3. The normalized spacial score (nSPS) is 17.6. The molecule has 3 aromatic carbocycles. The summed E-state index contributed by atoms with van der Waals surface area (Å²) in [6.45, 7) is 8.74. The number of amides is 3. The van der Waals surface area contributed by atoms with Gasteiger partial charge in [0.05, 0.1) is 35.9 Å². The molecule has 4 heterocycles. The molecule has 0 aliphatic carbocycles. The lowest BCUT2D eigenvalue weighted by atomic mass is 10.0. The summed E-state index contributed by atoms with van der Waals surface area (Å²) >= 11 is 0. The largest absolute Gasteiger partial charge is 0.465 e. The van der Waals surface area contributed by atoms with Crippen LogP contribution in [0.15, 0.2) is 96.2 Å². The minimum absolute atomic E-state index is 0.0317. The minimum Gasteiger partial charge on any atom is -0.465 e. The van der Waals surface area contributed by atoms with Crippen LogP contribution in [0.5, 0.6) is 5.75 Å². The second kappa shape index (κ2) is 18.5. The highest BCUT2D eigenvalue weighted by Crippen LogP contribution is 2.35. The molecule has 2 fully saturated rings. The molecule has 2 aromatic heterocycles. The quantitative estimate of drug-likeness (QED) is 0.0556. The van der Waals surface area contributed by atoms with Gasteiger partial charge in [-0.15, -0.1) is 4.99 Å². The van der Waals surface area contributed by atoms with Crippen LogP contribution in [-0.2, 0) is 9.59 Å². The van der Waals surface area contributed by atoms with Crippen LogP contribution in [0.3, 0.4) is 0 Å². The first-order chi connectivity index (χ1) is 29.4. The van der Waals surface area contributed by atoms with E-state index in [4.69, 9.17) is 9.72 Å². The Morgan fingerprint density at radius 3 is 1.74 bits per heavy atom. The Bertz CT molecular complexity index is 2380. The molecule has 7 rings (SSSR count). The number of aliphatic imine (C=N–C) groups is 1. The Labute approximate surface area is 355 Å². The summed E-state index contributed by atoms with van der Waals surface area (Å²) in [5.74, 6) is 1.30. The van der Waals surface area contributed by atoms with E-state index in [1.807, 2.05) is 75.1 Å². The summed E-state index contributed by atoms with van der Waals surface area (Å²) < 4.78 is 5.82. The molecular weight excluding hydrogens is 773 g/mol. The Morgan fingerprint density at radius 2 is 1.28 bits per heavy atom. The van der Waals surface area contributed by atoms with Crippen molar-refractivity contribution in [3.8, 4) is 45.6 Å². The maximum Gasteiger partial charge on any atom is 0.407 e. The van der Waals surface area contributed by atoms with Gasteiger partial charge < -0.3 is 34.9 Å². The van der Waals surface area contributed by atoms with E-state index in [2.05, 4.69) is 49.5 Å². The third-order valence-electron chi connectivity index (χ3n) is 11.5. The van der Waals surface area contributed by atoms with Gasteiger partial charge in [0.2, 0.25) is 18.0 Å². The molecular formula is C46H52N10O5. The zero-order valence-electron chi connectivity index (χ0n) is 35.1. The predicted octanol–water partition coefficient (Wildman–Crippen LogP) is 7.63. The predicted molar refractivity (Wildman–Crippen MR) is 231 cm³/mol. The molecule has 4 N–H and O–H groups in total. The van der Waals surface area contributed by atoms with Gasteiger partial charge in [-0.1, -0.05) is 94.4 Å². The van der Waals surface area contributed by atoms with Crippen LogP contribution in [0.2, 0.25) is 0 Å². The van der Waals surface area contributed by atoms with Crippen LogP contribution >= 0.6 is 0 Å². The van der Waals surface area contributed by atoms with Crippen LogP contribution in [0.25, 0.3) is 33.6 Å². The van der Waals surface area contributed by atoms with Gasteiger partial charge in [-0.3, -0.25) is 14.5 Å². The number of para-hydroxylation sites is 1. The molecule has 5 aromatic rings. The van der Waals surface area contributed by atoms with Crippen molar-refractivity contribution >= 4 is 23.9 Å². The molecule has 2 aliphatic rings. The van der Waals surface area contributed by atoms with Crippen LogP contribution in [0, 0.1) is 23.3 Å². The standard InChI is InChI=1S/C46H52N10O5/c1-28(2)39(53-45(50-27-47)61-34-11-7-6-8-12-34)43(57)55-23-9-13-37(55)41-48-25-35(51-41)32-19-15-30(16-20-32)31-17-21-33(22-18-31)36-26-49-42(52-36)38-14-10-24-56(38)44(58)40(29(3)4)54(5)46(59)60/h6-8,11-12,15-22,25-26,28-29,37-40H,9-10,13-14,23-24H2,1-5H3,(H,48,51)(H,49,52)(H,50,53)(H,59,60)/t37-,38-,39-,40-/m0/s1. The third kappa shape index (κ3) is 9.28. The number of hydrogen-bond acceptors (Lipinski definition) is 8. The number of rotatable bonds is 12. The molecule has 4 atom stereocenters. The zero-order chi connectivity index (χ0) is 43.2. The van der Waals surface area contributed by atoms with Crippen molar-refractivity contribution in [1.82, 2.24) is 40.0 Å². The van der Waals surface area contributed by atoms with Crippen molar-refractivity contribution < 1.29 is 24.2 Å². The highest BCUT2D eigenvalue weighted by atomic mass is 16.5. The third-order valence-corrected chi connectivity index (χ3v) is 11.5. The van der Waals surface area contributed by atoms with Gasteiger partial charge in [0, 0.05) is 20.1 Å². The minimum atomic E-state index is -1.13. The molecule has 0 unspecified atom stereocenters. The van der Waals surface area contributed by atoms with Gasteiger partial charge in [-0.25, -0.2) is 14.8 Å². The smallest absolute Gasteiger partial charge is 0.407 e. The van der Waals surface area contributed by atoms with E-state index in [0.717, 1.165) is 64.2 Å². The monoisotopic (exact) mass is 824 g/mol. The zero-order valence-corrected chi connectivity index (χ0v) is 35.1. The number of carbonyl (C=O) groups excluding carboxylic acids is 2. The first-order valence-corrected chi connectivity index (χ1v) is 20.8. The van der Waals surface area contributed by atoms with E-state index in [0.29, 0.717) is 30.5 Å². The first kappa shape index (κ1) is 42.2. The van der Waals surface area contributed by atoms with E-state index in [1.54, 1.807) is 35.6 Å². The number of nitriles is 1. The van der Waals surface area contributed by atoms with Crippen LogP contribution < -0.4 is 10.1 Å². The van der Waals surface area contributed by atoms with Crippen molar-refractivity contribution in [1.29, 1.82) is 5.26 Å². The van der Waals surface area contributed by atoms with Crippen LogP contribution in [0.1, 0.15) is 77.1 Å². The second-order valence-electron chi connectivity index (χ2n) is 16.3. The molecule has 61 heavy (non-hydrogen) atoms. The van der Waals surface area contributed by atoms with E-state index in [1.165, 1.54) is 7.05 Å². The molecule has 15 nitrogen and oxygen atoms in total. The van der Waals surface area contributed by atoms with Gasteiger partial charge in [0.15, 0.2) is 0 Å². The fourth-order valence-electron chi connectivity index (χ4n) is 8.36. The average Bonchev–Trinajstić information content (AvgIpc) is 4.10. The van der Waals surface area contributed by atoms with E-state index in [-0.39, 0.29) is 41.8 Å². The van der Waals surface area contributed by atoms with Crippen molar-refractivity contribution in [3.05, 3.63) is 103 Å². The molecule has 15 heteroatoms. The van der Waals surface area contributed by atoms with Crippen molar-refractivity contribution in [2.45, 2.75) is 77.5 Å². The number of ether oxygens (including phenoxy) is 1. The number of likely N-dealkylation sites (N-methyl/N-ethyl adjacent to an activating group) is 1. The second-order valence-corrected chi connectivity index (χ2v) is 16.3. The van der Waals surface area contributed by atoms with Crippen molar-refractivity contribution in [3.63, 3.8) is 0 Å². The molecule has 0 bridgehead atoms. The lowest BCUT2D eigenvalue weighted by Gasteiger charge is -2.33. The number of imidazole rings is 2. The molecule has 3 amide bonds. The van der Waals surface area contributed by atoms with E-state index in [9.17, 15) is 24.8 Å². The van der Waals surface area contributed by atoms with Gasteiger partial charge in [0.1, 0.15) is 29.5 Å². The number of H-pyrrole nitrogens is 2. The van der Waals surface area contributed by atoms with Crippen molar-refractivity contribution in [2.24, 2.45) is 16.8 Å².